The Kier molecular flexibility index (Phi) is 5.49. The van der Waals surface area contributed by atoms with Crippen LogP contribution in [0.15, 0.2) is 34.7 Å². The number of aromatic hydroxyl groups is 1. The van der Waals surface area contributed by atoms with E-state index in [0.717, 1.165) is 18.4 Å². The number of hydrogen-bond acceptors (Lipinski definition) is 4. The van der Waals surface area contributed by atoms with Crippen LogP contribution in [0.3, 0.4) is 0 Å². The van der Waals surface area contributed by atoms with Crippen LogP contribution in [-0.2, 0) is 4.79 Å². The number of phenols is 1. The maximum atomic E-state index is 12.0. The molecule has 3 aromatic rings. The predicted molar refractivity (Wildman–Crippen MR) is 108 cm³/mol. The third kappa shape index (κ3) is 4.13. The fraction of sp³-hybridized carbons (Fsp3) is 0.364. The first-order valence-electron chi connectivity index (χ1n) is 9.43. The molecule has 0 aliphatic carbocycles. The summed E-state index contributed by atoms with van der Waals surface area (Å²) in [6.45, 7) is 8.10. The molecule has 0 unspecified atom stereocenters. The number of hydrogen-bond donors (Lipinski definition) is 2. The number of carbonyl (C=O) groups is 1. The Morgan fingerprint density at radius 2 is 2.04 bits per heavy atom. The summed E-state index contributed by atoms with van der Waals surface area (Å²) in [7, 11) is 0. The molecule has 0 atom stereocenters. The number of fused-ring (bicyclic) bond motifs is 1. The fourth-order valence-electron chi connectivity index (χ4n) is 2.99. The van der Waals surface area contributed by atoms with Gasteiger partial charge in [0.15, 0.2) is 5.58 Å². The number of carbonyl (C=O) groups excluding carboxylic acids is 1. The third-order valence-electron chi connectivity index (χ3n) is 4.65. The SMILES string of the molecule is CCCCC(=O)Nc1cc(C)c(O)c(-c2nc3cc(C(C)C)ccc3o2)c1. The van der Waals surface area contributed by atoms with Crippen LogP contribution in [0.5, 0.6) is 5.75 Å². The van der Waals surface area contributed by atoms with Crippen molar-refractivity contribution in [2.75, 3.05) is 5.32 Å². The average molecular weight is 366 g/mol. The molecule has 1 amide bonds. The first-order valence-corrected chi connectivity index (χ1v) is 9.43. The number of nitrogens with zero attached hydrogens (tertiary/aromatic N) is 1. The van der Waals surface area contributed by atoms with Gasteiger partial charge in [0.2, 0.25) is 11.8 Å². The molecule has 27 heavy (non-hydrogen) atoms. The molecule has 5 heteroatoms. The Balaban J connectivity index is 1.98. The van der Waals surface area contributed by atoms with Gasteiger partial charge in [-0.05, 0) is 54.7 Å². The zero-order valence-corrected chi connectivity index (χ0v) is 16.3. The van der Waals surface area contributed by atoms with Crippen LogP contribution >= 0.6 is 0 Å². The summed E-state index contributed by atoms with van der Waals surface area (Å²) in [5, 5.41) is 13.4. The van der Waals surface area contributed by atoms with Gasteiger partial charge in [0, 0.05) is 12.1 Å². The molecule has 0 saturated carbocycles. The predicted octanol–water partition coefficient (Wildman–Crippen LogP) is 5.76. The molecule has 2 N–H and O–H groups in total. The minimum Gasteiger partial charge on any atom is -0.507 e. The second-order valence-corrected chi connectivity index (χ2v) is 7.24. The molecule has 2 aromatic carbocycles. The molecule has 0 saturated heterocycles. The summed E-state index contributed by atoms with van der Waals surface area (Å²) >= 11 is 0. The minimum absolute atomic E-state index is 0.0352. The van der Waals surface area contributed by atoms with E-state index in [1.54, 1.807) is 19.1 Å². The number of phenolic OH excluding ortho intramolecular Hbond substituents is 1. The number of rotatable bonds is 6. The van der Waals surface area contributed by atoms with Crippen LogP contribution in [-0.4, -0.2) is 16.0 Å². The van der Waals surface area contributed by atoms with E-state index < -0.39 is 0 Å². The summed E-state index contributed by atoms with van der Waals surface area (Å²) in [5.74, 6) is 0.812. The normalized spacial score (nSPS) is 11.3. The summed E-state index contributed by atoms with van der Waals surface area (Å²) in [4.78, 5) is 16.6. The first-order chi connectivity index (χ1) is 12.9. The summed E-state index contributed by atoms with van der Waals surface area (Å²) in [6, 6.07) is 9.40. The van der Waals surface area contributed by atoms with Crippen molar-refractivity contribution in [2.24, 2.45) is 0 Å². The highest BCUT2D eigenvalue weighted by atomic mass is 16.3. The van der Waals surface area contributed by atoms with Crippen LogP contribution in [0, 0.1) is 6.92 Å². The van der Waals surface area contributed by atoms with Crippen molar-refractivity contribution < 1.29 is 14.3 Å². The highest BCUT2D eigenvalue weighted by molar-refractivity contribution is 5.92. The van der Waals surface area contributed by atoms with Crippen molar-refractivity contribution in [3.05, 3.63) is 41.5 Å². The minimum atomic E-state index is -0.0352. The smallest absolute Gasteiger partial charge is 0.231 e. The molecule has 0 aliphatic rings. The van der Waals surface area contributed by atoms with Crippen molar-refractivity contribution in [3.8, 4) is 17.2 Å². The van der Waals surface area contributed by atoms with Gasteiger partial charge in [0.05, 0.1) is 5.56 Å². The first kappa shape index (κ1) is 19.0. The largest absolute Gasteiger partial charge is 0.507 e. The zero-order chi connectivity index (χ0) is 19.6. The van der Waals surface area contributed by atoms with Crippen LogP contribution in [0.1, 0.15) is 57.1 Å². The molecule has 1 aromatic heterocycles. The van der Waals surface area contributed by atoms with Gasteiger partial charge in [-0.25, -0.2) is 4.98 Å². The van der Waals surface area contributed by atoms with Gasteiger partial charge in [-0.2, -0.15) is 0 Å². The standard InChI is InChI=1S/C22H26N2O3/c1-5-6-7-20(25)23-16-10-14(4)21(26)17(12-16)22-24-18-11-15(13(2)3)8-9-19(18)27-22/h8-13,26H,5-7H2,1-4H3,(H,23,25). The molecule has 3 rings (SSSR count). The van der Waals surface area contributed by atoms with Crippen LogP contribution < -0.4 is 5.32 Å². The molecule has 0 spiro atoms. The highest BCUT2D eigenvalue weighted by Crippen LogP contribution is 2.36. The number of anilines is 1. The number of benzene rings is 2. The Labute approximate surface area is 159 Å². The van der Waals surface area contributed by atoms with Crippen molar-refractivity contribution >= 4 is 22.7 Å². The Morgan fingerprint density at radius 3 is 2.74 bits per heavy atom. The maximum absolute atomic E-state index is 12.0. The molecule has 0 bridgehead atoms. The number of nitrogens with one attached hydrogen (secondary N) is 1. The number of oxazole rings is 1. The van der Waals surface area contributed by atoms with Crippen molar-refractivity contribution in [1.82, 2.24) is 4.98 Å². The van der Waals surface area contributed by atoms with E-state index in [1.807, 2.05) is 25.1 Å². The monoisotopic (exact) mass is 366 g/mol. The molecule has 0 radical (unpaired) electrons. The quantitative estimate of drug-likeness (QED) is 0.544. The van der Waals surface area contributed by atoms with Gasteiger partial charge >= 0.3 is 0 Å². The molecular formula is C22H26N2O3. The van der Waals surface area contributed by atoms with E-state index in [1.165, 1.54) is 5.56 Å². The highest BCUT2D eigenvalue weighted by Gasteiger charge is 2.17. The van der Waals surface area contributed by atoms with Crippen molar-refractivity contribution in [1.29, 1.82) is 0 Å². The van der Waals surface area contributed by atoms with Crippen LogP contribution in [0.4, 0.5) is 5.69 Å². The Bertz CT molecular complexity index is 973. The van der Waals surface area contributed by atoms with E-state index in [4.69, 9.17) is 4.42 Å². The molecular weight excluding hydrogens is 340 g/mol. The fourth-order valence-corrected chi connectivity index (χ4v) is 2.99. The van der Waals surface area contributed by atoms with Crippen LogP contribution in [0.2, 0.25) is 0 Å². The topological polar surface area (TPSA) is 75.4 Å². The van der Waals surface area contributed by atoms with Gasteiger partial charge in [-0.15, -0.1) is 0 Å². The second-order valence-electron chi connectivity index (χ2n) is 7.24. The lowest BCUT2D eigenvalue weighted by molar-refractivity contribution is -0.116. The summed E-state index contributed by atoms with van der Waals surface area (Å²) in [5.41, 5.74) is 4.37. The van der Waals surface area contributed by atoms with Gasteiger partial charge in [-0.3, -0.25) is 4.79 Å². The summed E-state index contributed by atoms with van der Waals surface area (Å²) in [6.07, 6.45) is 2.29. The molecule has 0 fully saturated rings. The molecule has 1 heterocycles. The Hall–Kier alpha value is -2.82. The van der Waals surface area contributed by atoms with Gasteiger partial charge in [0.25, 0.3) is 0 Å². The average Bonchev–Trinajstić information content (AvgIpc) is 3.05. The van der Waals surface area contributed by atoms with Crippen LogP contribution in [0.25, 0.3) is 22.6 Å². The lowest BCUT2D eigenvalue weighted by Crippen LogP contribution is -2.11. The Morgan fingerprint density at radius 1 is 1.26 bits per heavy atom. The van der Waals surface area contributed by atoms with E-state index in [2.05, 4.69) is 24.1 Å². The second kappa shape index (κ2) is 7.82. The maximum Gasteiger partial charge on any atom is 0.231 e. The van der Waals surface area contributed by atoms with Crippen molar-refractivity contribution in [2.45, 2.75) is 52.9 Å². The number of aryl methyl sites for hydroxylation is 1. The lowest BCUT2D eigenvalue weighted by Gasteiger charge is -2.10. The molecule has 142 valence electrons. The molecule has 5 nitrogen and oxygen atoms in total. The zero-order valence-electron chi connectivity index (χ0n) is 16.3. The molecule has 0 aliphatic heterocycles. The number of unbranched alkanes of at least 4 members (excludes halogenated alkanes) is 1. The number of aromatic nitrogens is 1. The lowest BCUT2D eigenvalue weighted by atomic mass is 10.0. The van der Waals surface area contributed by atoms with E-state index >= 15 is 0 Å². The van der Waals surface area contributed by atoms with Gasteiger partial charge in [0.1, 0.15) is 11.3 Å². The third-order valence-corrected chi connectivity index (χ3v) is 4.65. The van der Waals surface area contributed by atoms with Gasteiger partial charge in [-0.1, -0.05) is 33.3 Å². The van der Waals surface area contributed by atoms with Gasteiger partial charge < -0.3 is 14.8 Å². The van der Waals surface area contributed by atoms with Crippen molar-refractivity contribution in [3.63, 3.8) is 0 Å². The van der Waals surface area contributed by atoms with E-state index in [-0.39, 0.29) is 11.7 Å². The van der Waals surface area contributed by atoms with E-state index in [0.29, 0.717) is 40.6 Å². The summed E-state index contributed by atoms with van der Waals surface area (Å²) < 4.78 is 5.87. The number of amides is 1. The van der Waals surface area contributed by atoms with E-state index in [9.17, 15) is 9.90 Å².